The molecule has 8 nitrogen and oxygen atoms in total. The Hall–Kier alpha value is -1.45. The molecule has 0 radical (unpaired) electrons. The van der Waals surface area contributed by atoms with Gasteiger partial charge in [0, 0.05) is 38.4 Å². The largest absolute Gasteiger partial charge is 0.396 e. The second-order valence-electron chi connectivity index (χ2n) is 4.98. The van der Waals surface area contributed by atoms with E-state index in [-0.39, 0.29) is 23.3 Å². The molecule has 21 heavy (non-hydrogen) atoms. The molecule has 2 rings (SSSR count). The molecular formula is C12H20N4O4S. The average Bonchev–Trinajstić information content (AvgIpc) is 3.02. The Bertz CT molecular complexity index is 550. The fourth-order valence-corrected chi connectivity index (χ4v) is 3.70. The summed E-state index contributed by atoms with van der Waals surface area (Å²) in [5, 5.41) is 17.6. The Morgan fingerprint density at radius 3 is 2.76 bits per heavy atom. The first-order valence-corrected chi connectivity index (χ1v) is 8.37. The number of nitrogens with one attached hydrogen (secondary N) is 2. The van der Waals surface area contributed by atoms with Gasteiger partial charge in [-0.2, -0.15) is 9.40 Å². The number of hydrogen-bond donors (Lipinski definition) is 3. The number of piperidine rings is 1. The van der Waals surface area contributed by atoms with Crippen molar-refractivity contribution in [2.75, 3.05) is 26.2 Å². The van der Waals surface area contributed by atoms with Crippen LogP contribution in [0.4, 0.5) is 0 Å². The quantitative estimate of drug-likeness (QED) is 0.601. The third-order valence-electron chi connectivity index (χ3n) is 3.57. The highest BCUT2D eigenvalue weighted by Gasteiger charge is 2.32. The predicted octanol–water partition coefficient (Wildman–Crippen LogP) is -0.691. The molecule has 0 saturated carbocycles. The minimum absolute atomic E-state index is 0.0433. The zero-order valence-corrected chi connectivity index (χ0v) is 12.5. The van der Waals surface area contributed by atoms with Crippen LogP contribution in [0, 0.1) is 5.92 Å². The van der Waals surface area contributed by atoms with Crippen LogP contribution in [0.2, 0.25) is 0 Å². The van der Waals surface area contributed by atoms with E-state index < -0.39 is 10.0 Å². The number of hydrogen-bond acceptors (Lipinski definition) is 5. The molecule has 1 saturated heterocycles. The molecule has 9 heteroatoms. The molecule has 0 aromatic carbocycles. The van der Waals surface area contributed by atoms with E-state index >= 15 is 0 Å². The van der Waals surface area contributed by atoms with Crippen molar-refractivity contribution in [1.82, 2.24) is 19.8 Å². The van der Waals surface area contributed by atoms with Gasteiger partial charge in [0.25, 0.3) is 0 Å². The molecule has 1 aromatic heterocycles. The SMILES string of the molecule is O=C(NCCCO)C1CCN(S(=O)(=O)c2cn[nH]c2)CC1. The van der Waals surface area contributed by atoms with Crippen molar-refractivity contribution in [3.63, 3.8) is 0 Å². The van der Waals surface area contributed by atoms with Crippen molar-refractivity contribution >= 4 is 15.9 Å². The van der Waals surface area contributed by atoms with Crippen LogP contribution in [0.25, 0.3) is 0 Å². The lowest BCUT2D eigenvalue weighted by Gasteiger charge is -2.30. The summed E-state index contributed by atoms with van der Waals surface area (Å²) in [6.07, 6.45) is 4.16. The van der Waals surface area contributed by atoms with Crippen molar-refractivity contribution < 1.29 is 18.3 Å². The maximum absolute atomic E-state index is 12.3. The summed E-state index contributed by atoms with van der Waals surface area (Å²) in [6.45, 7) is 1.14. The zero-order chi connectivity index (χ0) is 15.3. The van der Waals surface area contributed by atoms with Gasteiger partial charge in [-0.05, 0) is 19.3 Å². The van der Waals surface area contributed by atoms with Gasteiger partial charge in [-0.3, -0.25) is 9.89 Å². The molecule has 0 bridgehead atoms. The number of carbonyl (C=O) groups is 1. The number of aliphatic hydroxyl groups is 1. The van der Waals surface area contributed by atoms with E-state index in [1.165, 1.54) is 16.7 Å². The number of amides is 1. The van der Waals surface area contributed by atoms with Gasteiger partial charge in [0.05, 0.1) is 6.20 Å². The summed E-state index contributed by atoms with van der Waals surface area (Å²) in [7, 11) is -3.51. The van der Waals surface area contributed by atoms with E-state index in [0.29, 0.717) is 38.9 Å². The molecule has 1 fully saturated rings. The summed E-state index contributed by atoms with van der Waals surface area (Å²) < 4.78 is 25.9. The van der Waals surface area contributed by atoms with Crippen LogP contribution >= 0.6 is 0 Å². The molecule has 118 valence electrons. The highest BCUT2D eigenvalue weighted by Crippen LogP contribution is 2.23. The van der Waals surface area contributed by atoms with Crippen molar-refractivity contribution in [1.29, 1.82) is 0 Å². The molecule has 1 aliphatic heterocycles. The van der Waals surface area contributed by atoms with Crippen LogP contribution in [-0.4, -0.2) is 60.2 Å². The number of carbonyl (C=O) groups excluding carboxylic acids is 1. The Morgan fingerprint density at radius 2 is 2.19 bits per heavy atom. The standard InChI is InChI=1S/C12H20N4O4S/c17-7-1-4-13-12(18)10-2-5-16(6-3-10)21(19,20)11-8-14-15-9-11/h8-10,17H,1-7H2,(H,13,18)(H,14,15). The Balaban J connectivity index is 1.87. The van der Waals surface area contributed by atoms with Gasteiger partial charge in [0.1, 0.15) is 4.90 Å². The predicted molar refractivity (Wildman–Crippen MR) is 74.8 cm³/mol. The number of sulfonamides is 1. The number of nitrogens with zero attached hydrogens (tertiary/aromatic N) is 2. The molecule has 0 aliphatic carbocycles. The highest BCUT2D eigenvalue weighted by atomic mass is 32.2. The third kappa shape index (κ3) is 3.80. The zero-order valence-electron chi connectivity index (χ0n) is 11.7. The van der Waals surface area contributed by atoms with Gasteiger partial charge in [0.15, 0.2) is 0 Å². The lowest BCUT2D eigenvalue weighted by molar-refractivity contribution is -0.126. The van der Waals surface area contributed by atoms with E-state index in [1.54, 1.807) is 0 Å². The number of aromatic amines is 1. The summed E-state index contributed by atoms with van der Waals surface area (Å²) in [5.74, 6) is -0.233. The molecule has 0 unspecified atom stereocenters. The summed E-state index contributed by atoms with van der Waals surface area (Å²) >= 11 is 0. The summed E-state index contributed by atoms with van der Waals surface area (Å²) in [6, 6.07) is 0. The summed E-state index contributed by atoms with van der Waals surface area (Å²) in [4.78, 5) is 12.0. The first-order chi connectivity index (χ1) is 10.1. The molecule has 1 aromatic rings. The normalized spacial score (nSPS) is 17.8. The Kier molecular flexibility index (Phi) is 5.32. The van der Waals surface area contributed by atoms with Gasteiger partial charge in [-0.1, -0.05) is 0 Å². The van der Waals surface area contributed by atoms with E-state index in [1.807, 2.05) is 0 Å². The number of H-pyrrole nitrogens is 1. The highest BCUT2D eigenvalue weighted by molar-refractivity contribution is 7.89. The van der Waals surface area contributed by atoms with E-state index in [0.717, 1.165) is 0 Å². The van der Waals surface area contributed by atoms with Crippen LogP contribution in [0.1, 0.15) is 19.3 Å². The van der Waals surface area contributed by atoms with Crippen molar-refractivity contribution in [2.24, 2.45) is 5.92 Å². The van der Waals surface area contributed by atoms with Gasteiger partial charge < -0.3 is 10.4 Å². The van der Waals surface area contributed by atoms with Crippen LogP contribution in [-0.2, 0) is 14.8 Å². The monoisotopic (exact) mass is 316 g/mol. The van der Waals surface area contributed by atoms with E-state index in [2.05, 4.69) is 15.5 Å². The lowest BCUT2D eigenvalue weighted by atomic mass is 9.97. The first kappa shape index (κ1) is 15.9. The third-order valence-corrected chi connectivity index (χ3v) is 5.43. The second-order valence-corrected chi connectivity index (χ2v) is 6.92. The molecular weight excluding hydrogens is 296 g/mol. The van der Waals surface area contributed by atoms with Crippen LogP contribution in [0.5, 0.6) is 0 Å². The van der Waals surface area contributed by atoms with E-state index in [4.69, 9.17) is 5.11 Å². The van der Waals surface area contributed by atoms with Crippen LogP contribution < -0.4 is 5.32 Å². The molecule has 0 atom stereocenters. The van der Waals surface area contributed by atoms with Gasteiger partial charge in [-0.15, -0.1) is 0 Å². The maximum atomic E-state index is 12.3. The fraction of sp³-hybridized carbons (Fsp3) is 0.667. The van der Waals surface area contributed by atoms with E-state index in [9.17, 15) is 13.2 Å². The minimum Gasteiger partial charge on any atom is -0.396 e. The number of rotatable bonds is 6. The topological polar surface area (TPSA) is 115 Å². The smallest absolute Gasteiger partial charge is 0.246 e. The number of aromatic nitrogens is 2. The van der Waals surface area contributed by atoms with Gasteiger partial charge in [-0.25, -0.2) is 8.42 Å². The Morgan fingerprint density at radius 1 is 1.48 bits per heavy atom. The van der Waals surface area contributed by atoms with Gasteiger partial charge >= 0.3 is 0 Å². The van der Waals surface area contributed by atoms with Crippen molar-refractivity contribution in [3.05, 3.63) is 12.4 Å². The van der Waals surface area contributed by atoms with Crippen LogP contribution in [0.15, 0.2) is 17.3 Å². The minimum atomic E-state index is -3.51. The molecule has 1 aliphatic rings. The molecule has 2 heterocycles. The fourth-order valence-electron chi connectivity index (χ4n) is 2.32. The lowest BCUT2D eigenvalue weighted by Crippen LogP contribution is -2.43. The van der Waals surface area contributed by atoms with Crippen molar-refractivity contribution in [2.45, 2.75) is 24.2 Å². The average molecular weight is 316 g/mol. The van der Waals surface area contributed by atoms with Gasteiger partial charge in [0.2, 0.25) is 15.9 Å². The molecule has 3 N–H and O–H groups in total. The number of aliphatic hydroxyl groups excluding tert-OH is 1. The molecule has 1 amide bonds. The van der Waals surface area contributed by atoms with Crippen LogP contribution in [0.3, 0.4) is 0 Å². The second kappa shape index (κ2) is 7.01. The Labute approximate surface area is 123 Å². The molecule has 0 spiro atoms. The first-order valence-electron chi connectivity index (χ1n) is 6.93. The maximum Gasteiger partial charge on any atom is 0.246 e. The van der Waals surface area contributed by atoms with Crippen molar-refractivity contribution in [3.8, 4) is 0 Å². The summed E-state index contributed by atoms with van der Waals surface area (Å²) in [5.41, 5.74) is 0.